The molecule has 0 bridgehead atoms. The third-order valence-corrected chi connectivity index (χ3v) is 4.04. The van der Waals surface area contributed by atoms with Gasteiger partial charge in [-0.05, 0) is 18.2 Å². The minimum Gasteiger partial charge on any atom is -0.856 e. The van der Waals surface area contributed by atoms with Crippen LogP contribution in [0, 0.1) is 0 Å². The lowest BCUT2D eigenvalue weighted by Gasteiger charge is -2.18. The highest BCUT2D eigenvalue weighted by atomic mass is 16.5. The summed E-state index contributed by atoms with van der Waals surface area (Å²) in [6.07, 6.45) is 1.58. The highest BCUT2D eigenvalue weighted by Gasteiger charge is 2.22. The fraction of sp³-hybridized carbons (Fsp3) is 0.188. The van der Waals surface area contributed by atoms with Crippen molar-refractivity contribution in [2.24, 2.45) is 7.05 Å². The molecule has 10 heteroatoms. The van der Waals surface area contributed by atoms with Gasteiger partial charge in [0.1, 0.15) is 12.3 Å². The summed E-state index contributed by atoms with van der Waals surface area (Å²) in [4.78, 5) is 31.8. The number of rotatable bonds is 3. The van der Waals surface area contributed by atoms with Crippen molar-refractivity contribution in [2.75, 3.05) is 17.7 Å². The number of hydrogen-bond acceptors (Lipinski definition) is 7. The molecule has 0 radical (unpaired) electrons. The van der Waals surface area contributed by atoms with Crippen LogP contribution in [0.25, 0.3) is 11.2 Å². The maximum atomic E-state index is 12.7. The number of anilines is 2. The second-order valence-electron chi connectivity index (χ2n) is 5.88. The molecular formula is C16H14N6O4. The number of Topliss-reactive ketones (excluding diaryl/α,β-unsaturated/α-hetero) is 1. The number of nitrogens with two attached hydrogens (primary N) is 1. The molecule has 3 aromatic rings. The Balaban J connectivity index is 1.68. The molecular weight excluding hydrogens is 340 g/mol. The second kappa shape index (κ2) is 5.69. The van der Waals surface area contributed by atoms with Crippen LogP contribution >= 0.6 is 0 Å². The minimum atomic E-state index is -0.505. The van der Waals surface area contributed by atoms with Gasteiger partial charge < -0.3 is 20.9 Å². The lowest BCUT2D eigenvalue weighted by atomic mass is 10.1. The summed E-state index contributed by atoms with van der Waals surface area (Å²) in [5.74, 6) is -0.649. The average Bonchev–Trinajstić information content (AvgIpc) is 2.89. The standard InChI is InChI=1S/C16H14N6O4/c1-21-7-22(14-13(21)15(25)20-16(17)19-14)5-10(23)8-2-3-11-9(4-8)18-12(24)6-26-11/h2-4,7H,5-6H2,1H3,(H3-,17,18,19,20,24,25). The van der Waals surface area contributed by atoms with Gasteiger partial charge in [0.2, 0.25) is 0 Å². The van der Waals surface area contributed by atoms with Crippen molar-refractivity contribution in [2.45, 2.75) is 6.54 Å². The van der Waals surface area contributed by atoms with Gasteiger partial charge in [0.05, 0.1) is 12.7 Å². The molecule has 132 valence electrons. The van der Waals surface area contributed by atoms with Crippen LogP contribution in [-0.2, 0) is 18.4 Å². The van der Waals surface area contributed by atoms with Crippen LogP contribution in [0.2, 0.25) is 0 Å². The molecule has 0 unspecified atom stereocenters. The van der Waals surface area contributed by atoms with Crippen molar-refractivity contribution >= 4 is 34.5 Å². The molecule has 0 saturated carbocycles. The Morgan fingerprint density at radius 2 is 2.27 bits per heavy atom. The fourth-order valence-corrected chi connectivity index (χ4v) is 2.89. The molecule has 2 aromatic heterocycles. The summed E-state index contributed by atoms with van der Waals surface area (Å²) in [6, 6.07) is 4.81. The molecule has 26 heavy (non-hydrogen) atoms. The number of nitrogens with one attached hydrogen (secondary N) is 1. The minimum absolute atomic E-state index is 0.0508. The number of aryl methyl sites for hydroxylation is 1. The number of aromatic nitrogens is 4. The highest BCUT2D eigenvalue weighted by Crippen LogP contribution is 2.28. The molecule has 1 aliphatic heterocycles. The molecule has 0 saturated heterocycles. The summed E-state index contributed by atoms with van der Waals surface area (Å²) in [5.41, 5.74) is 6.94. The zero-order chi connectivity index (χ0) is 18.4. The van der Waals surface area contributed by atoms with Gasteiger partial charge in [-0.3, -0.25) is 14.2 Å². The molecule has 3 heterocycles. The zero-order valence-corrected chi connectivity index (χ0v) is 13.7. The molecule has 1 aromatic carbocycles. The molecule has 10 nitrogen and oxygen atoms in total. The molecule has 4 rings (SSSR count). The summed E-state index contributed by atoms with van der Waals surface area (Å²) in [6.45, 7) is -0.106. The number of imidazole rings is 1. The molecule has 3 N–H and O–H groups in total. The summed E-state index contributed by atoms with van der Waals surface area (Å²) < 4.78 is 8.36. The first-order valence-corrected chi connectivity index (χ1v) is 7.71. The second-order valence-corrected chi connectivity index (χ2v) is 5.88. The molecule has 1 amide bonds. The van der Waals surface area contributed by atoms with Crippen LogP contribution in [0.1, 0.15) is 10.4 Å². The van der Waals surface area contributed by atoms with E-state index in [1.165, 1.54) is 4.57 Å². The topological polar surface area (TPSA) is 139 Å². The van der Waals surface area contributed by atoms with Crippen molar-refractivity contribution in [1.82, 2.24) is 14.5 Å². The summed E-state index contributed by atoms with van der Waals surface area (Å²) in [7, 11) is 1.66. The Hall–Kier alpha value is -3.69. The summed E-state index contributed by atoms with van der Waals surface area (Å²) >= 11 is 0. The third kappa shape index (κ3) is 2.57. The Morgan fingerprint density at radius 3 is 3.08 bits per heavy atom. The largest absolute Gasteiger partial charge is 0.856 e. The maximum Gasteiger partial charge on any atom is 0.307 e. The van der Waals surface area contributed by atoms with Crippen LogP contribution < -0.4 is 25.5 Å². The van der Waals surface area contributed by atoms with Gasteiger partial charge >= 0.3 is 5.65 Å². The van der Waals surface area contributed by atoms with Crippen LogP contribution in [0.4, 0.5) is 11.6 Å². The van der Waals surface area contributed by atoms with Gasteiger partial charge in [0.15, 0.2) is 24.2 Å². The van der Waals surface area contributed by atoms with Crippen LogP contribution in [0.5, 0.6) is 11.6 Å². The predicted molar refractivity (Wildman–Crippen MR) is 87.5 cm³/mol. The highest BCUT2D eigenvalue weighted by molar-refractivity contribution is 6.00. The van der Waals surface area contributed by atoms with E-state index >= 15 is 0 Å². The van der Waals surface area contributed by atoms with Crippen LogP contribution in [-0.4, -0.2) is 32.8 Å². The van der Waals surface area contributed by atoms with Gasteiger partial charge in [-0.2, -0.15) is 0 Å². The molecule has 1 aliphatic rings. The van der Waals surface area contributed by atoms with Gasteiger partial charge in [0, 0.05) is 11.4 Å². The first kappa shape index (κ1) is 15.8. The molecule has 0 atom stereocenters. The number of ketones is 1. The van der Waals surface area contributed by atoms with Crippen molar-refractivity contribution in [3.8, 4) is 11.6 Å². The lowest BCUT2D eigenvalue weighted by Crippen LogP contribution is -2.37. The van der Waals surface area contributed by atoms with E-state index in [0.29, 0.717) is 17.0 Å². The smallest absolute Gasteiger partial charge is 0.307 e. The van der Waals surface area contributed by atoms with Crippen LogP contribution in [0.3, 0.4) is 0 Å². The van der Waals surface area contributed by atoms with E-state index in [1.807, 2.05) is 0 Å². The van der Waals surface area contributed by atoms with Gasteiger partial charge in [0.25, 0.3) is 11.9 Å². The average molecular weight is 354 g/mol. The monoisotopic (exact) mass is 354 g/mol. The van der Waals surface area contributed by atoms with Crippen molar-refractivity contribution in [3.05, 3.63) is 30.1 Å². The van der Waals surface area contributed by atoms with Gasteiger partial charge in [-0.25, -0.2) is 9.55 Å². The number of ether oxygens (including phenoxy) is 1. The van der Waals surface area contributed by atoms with E-state index < -0.39 is 5.88 Å². The lowest BCUT2D eigenvalue weighted by molar-refractivity contribution is -0.659. The third-order valence-electron chi connectivity index (χ3n) is 4.04. The Kier molecular flexibility index (Phi) is 3.46. The van der Waals surface area contributed by atoms with E-state index in [4.69, 9.17) is 10.5 Å². The van der Waals surface area contributed by atoms with E-state index in [0.717, 1.165) is 0 Å². The van der Waals surface area contributed by atoms with Crippen molar-refractivity contribution in [1.29, 1.82) is 0 Å². The predicted octanol–water partition coefficient (Wildman–Crippen LogP) is -0.875. The zero-order valence-electron chi connectivity index (χ0n) is 13.7. The Bertz CT molecular complexity index is 1070. The Morgan fingerprint density at radius 1 is 1.46 bits per heavy atom. The van der Waals surface area contributed by atoms with E-state index in [1.54, 1.807) is 36.1 Å². The number of amides is 1. The number of hydrogen-bond donors (Lipinski definition) is 2. The number of fused-ring (bicyclic) bond motifs is 2. The molecule has 0 fully saturated rings. The number of nitrogens with zero attached hydrogens (tertiary/aromatic N) is 4. The normalized spacial score (nSPS) is 13.2. The van der Waals surface area contributed by atoms with Gasteiger partial charge in [-0.1, -0.05) is 4.98 Å². The maximum absolute atomic E-state index is 12.7. The number of carbonyl (C=O) groups is 2. The van der Waals surface area contributed by atoms with Crippen molar-refractivity contribution < 1.29 is 24.0 Å². The number of carbonyl (C=O) groups excluding carboxylic acids is 2. The van der Waals surface area contributed by atoms with Gasteiger partial charge in [-0.15, -0.1) is 0 Å². The number of nitrogen functional groups attached to an aromatic ring is 1. The molecule has 0 spiro atoms. The fourth-order valence-electron chi connectivity index (χ4n) is 2.89. The quantitative estimate of drug-likeness (QED) is 0.460. The van der Waals surface area contributed by atoms with E-state index in [2.05, 4.69) is 15.3 Å². The first-order valence-electron chi connectivity index (χ1n) is 7.71. The number of benzene rings is 1. The Labute approximate surface area is 146 Å². The van der Waals surface area contributed by atoms with E-state index in [-0.39, 0.29) is 42.0 Å². The molecule has 0 aliphatic carbocycles. The summed E-state index contributed by atoms with van der Waals surface area (Å²) in [5, 5.41) is 14.6. The van der Waals surface area contributed by atoms with Crippen molar-refractivity contribution in [3.63, 3.8) is 0 Å². The van der Waals surface area contributed by atoms with Crippen LogP contribution in [0.15, 0.2) is 24.5 Å². The van der Waals surface area contributed by atoms with E-state index in [9.17, 15) is 14.7 Å². The first-order chi connectivity index (χ1) is 12.4. The SMILES string of the molecule is Cn1c[n+](CC(=O)c2ccc3c(c2)NC(=O)CO3)c2nc(N)nc([O-])c21.